The van der Waals surface area contributed by atoms with E-state index in [-0.39, 0.29) is 48.8 Å². The highest BCUT2D eigenvalue weighted by molar-refractivity contribution is 7.89. The number of nitrogens with two attached hydrogens (primary N) is 1. The number of anilines is 1. The van der Waals surface area contributed by atoms with Crippen molar-refractivity contribution < 1.29 is 22.7 Å². The summed E-state index contributed by atoms with van der Waals surface area (Å²) in [6.45, 7) is 1.09. The van der Waals surface area contributed by atoms with Crippen LogP contribution in [0.4, 0.5) is 10.6 Å². The number of nitrogens with zero attached hydrogens (tertiary/aromatic N) is 4. The maximum Gasteiger partial charge on any atom is 0.349 e. The van der Waals surface area contributed by atoms with E-state index in [1.807, 2.05) is 18.2 Å². The zero-order valence-corrected chi connectivity index (χ0v) is 26.9. The molecule has 2 aromatic heterocycles. The van der Waals surface area contributed by atoms with Gasteiger partial charge < -0.3 is 20.3 Å². The van der Waals surface area contributed by atoms with Crippen LogP contribution < -0.4 is 26.0 Å². The van der Waals surface area contributed by atoms with Crippen LogP contribution >= 0.6 is 23.7 Å². The minimum absolute atomic E-state index is 0. The van der Waals surface area contributed by atoms with Gasteiger partial charge in [0.15, 0.2) is 0 Å². The van der Waals surface area contributed by atoms with Crippen molar-refractivity contribution >= 4 is 72.4 Å². The number of carbonyl (C=O) groups excluding carboxylic acids is 2. The largest absolute Gasteiger partial charge is 0.497 e. The minimum atomic E-state index is -4.11. The molecule has 13 nitrogen and oxygen atoms in total. The fourth-order valence-corrected chi connectivity index (χ4v) is 7.39. The number of benzene rings is 2. The van der Waals surface area contributed by atoms with E-state index in [9.17, 15) is 18.0 Å². The monoisotopic (exact) mass is 662 g/mol. The standard InChI is InChI=1S/C28H34N8O5S2.ClH/c1-30-36(31-2)28(38)35-12-10-34(11-13-35)27(37)24(17-21-16-23-25(42-21)8-9-32-26(23)29)33-43(39,40)22-7-5-18-4-6-20(41-3)14-19(18)15-22;/h4-9,14-16,24,30-31,33H,10-13,17H2,1-3H3,(H2,29,32);1H. The van der Waals surface area contributed by atoms with Crippen LogP contribution in [0.2, 0.25) is 0 Å². The van der Waals surface area contributed by atoms with E-state index in [1.165, 1.54) is 22.5 Å². The molecule has 0 bridgehead atoms. The number of piperazine rings is 1. The predicted molar refractivity (Wildman–Crippen MR) is 173 cm³/mol. The quantitative estimate of drug-likeness (QED) is 0.197. The number of fused-ring (bicyclic) bond motifs is 2. The van der Waals surface area contributed by atoms with Crippen LogP contribution in [-0.4, -0.2) is 93.7 Å². The third kappa shape index (κ3) is 6.98. The van der Waals surface area contributed by atoms with Crippen molar-refractivity contribution in [1.29, 1.82) is 0 Å². The van der Waals surface area contributed by atoms with Gasteiger partial charge in [0.25, 0.3) is 0 Å². The topological polar surface area (TPSA) is 162 Å². The van der Waals surface area contributed by atoms with Gasteiger partial charge in [0.1, 0.15) is 17.6 Å². The van der Waals surface area contributed by atoms with E-state index < -0.39 is 16.1 Å². The molecule has 4 aromatic rings. The molecule has 1 fully saturated rings. The number of amides is 3. The normalized spacial score (nSPS) is 14.3. The molecule has 1 unspecified atom stereocenters. The average Bonchev–Trinajstić information content (AvgIpc) is 3.44. The Kier molecular flexibility index (Phi) is 10.5. The molecular weight excluding hydrogens is 628 g/mol. The number of urea groups is 1. The first-order chi connectivity index (χ1) is 20.6. The van der Waals surface area contributed by atoms with Crippen LogP contribution in [0.25, 0.3) is 20.9 Å². The number of methoxy groups -OCH3 is 1. The van der Waals surface area contributed by atoms with Crippen molar-refractivity contribution in [2.24, 2.45) is 0 Å². The number of nitrogen functional groups attached to an aromatic ring is 1. The molecule has 1 atom stereocenters. The molecule has 5 N–H and O–H groups in total. The number of carbonyl (C=O) groups is 2. The number of pyridine rings is 1. The minimum Gasteiger partial charge on any atom is -0.497 e. The number of hydrogen-bond donors (Lipinski definition) is 4. The molecule has 0 saturated carbocycles. The second-order valence-electron chi connectivity index (χ2n) is 9.95. The first kappa shape index (κ1) is 33.2. The lowest BCUT2D eigenvalue weighted by molar-refractivity contribution is -0.134. The first-order valence-corrected chi connectivity index (χ1v) is 15.9. The third-order valence-electron chi connectivity index (χ3n) is 7.36. The summed E-state index contributed by atoms with van der Waals surface area (Å²) in [4.78, 5) is 34.8. The molecule has 16 heteroatoms. The summed E-state index contributed by atoms with van der Waals surface area (Å²) in [5.74, 6) is 0.598. The number of sulfonamides is 1. The molecule has 44 heavy (non-hydrogen) atoms. The number of halogens is 1. The molecule has 0 spiro atoms. The number of rotatable bonds is 9. The molecule has 1 aliphatic heterocycles. The Morgan fingerprint density at radius 1 is 1.02 bits per heavy atom. The molecular formula is C28H35ClN8O5S2. The number of nitrogens with one attached hydrogen (secondary N) is 3. The molecule has 0 radical (unpaired) electrons. The van der Waals surface area contributed by atoms with Crippen LogP contribution in [-0.2, 0) is 21.2 Å². The highest BCUT2D eigenvalue weighted by Gasteiger charge is 2.33. The average molecular weight is 663 g/mol. The van der Waals surface area contributed by atoms with Gasteiger partial charge in [-0.2, -0.15) is 9.84 Å². The molecule has 3 heterocycles. The van der Waals surface area contributed by atoms with Crippen molar-refractivity contribution in [3.63, 3.8) is 0 Å². The van der Waals surface area contributed by atoms with Crippen LogP contribution in [0.5, 0.6) is 5.75 Å². The SMILES string of the molecule is CNN(NC)C(=O)N1CCN(C(=O)C(Cc2cc3c(N)nccc3s2)NS(=O)(=O)c2ccc3ccc(OC)cc3c2)CC1.Cl. The molecule has 0 aliphatic carbocycles. The fourth-order valence-electron chi connectivity index (χ4n) is 5.05. The fraction of sp³-hybridized carbons (Fsp3) is 0.321. The van der Waals surface area contributed by atoms with Crippen LogP contribution in [0.15, 0.2) is 59.6 Å². The van der Waals surface area contributed by atoms with Gasteiger partial charge in [-0.05, 0) is 47.2 Å². The first-order valence-electron chi connectivity index (χ1n) is 13.6. The van der Waals surface area contributed by atoms with Gasteiger partial charge >= 0.3 is 6.03 Å². The molecule has 1 aliphatic rings. The molecule has 1 saturated heterocycles. The summed E-state index contributed by atoms with van der Waals surface area (Å²) in [6, 6.07) is 12.5. The van der Waals surface area contributed by atoms with E-state index in [4.69, 9.17) is 10.5 Å². The van der Waals surface area contributed by atoms with Crippen molar-refractivity contribution in [2.75, 3.05) is 53.1 Å². The summed E-state index contributed by atoms with van der Waals surface area (Å²) in [5.41, 5.74) is 11.6. The highest BCUT2D eigenvalue weighted by Crippen LogP contribution is 2.30. The summed E-state index contributed by atoms with van der Waals surface area (Å²) < 4.78 is 36.3. The lowest BCUT2D eigenvalue weighted by Crippen LogP contribution is -2.60. The Hall–Kier alpha value is -3.73. The maximum atomic E-state index is 13.9. The van der Waals surface area contributed by atoms with Gasteiger partial charge in [-0.1, -0.05) is 12.1 Å². The van der Waals surface area contributed by atoms with E-state index in [1.54, 1.807) is 61.5 Å². The van der Waals surface area contributed by atoms with E-state index in [0.717, 1.165) is 20.3 Å². The Labute approximate surface area is 265 Å². The third-order valence-corrected chi connectivity index (χ3v) is 9.95. The number of thiophene rings is 1. The molecule has 236 valence electrons. The van der Waals surface area contributed by atoms with Crippen LogP contribution in [0.3, 0.4) is 0 Å². The lowest BCUT2D eigenvalue weighted by atomic mass is 10.1. The van der Waals surface area contributed by atoms with Gasteiger partial charge in [0.05, 0.1) is 12.0 Å². The number of hydrazine groups is 2. The second-order valence-corrected chi connectivity index (χ2v) is 12.8. The Morgan fingerprint density at radius 3 is 2.36 bits per heavy atom. The smallest absolute Gasteiger partial charge is 0.349 e. The van der Waals surface area contributed by atoms with Crippen molar-refractivity contribution in [1.82, 2.24) is 35.5 Å². The Bertz CT molecular complexity index is 1760. The number of hydrogen-bond acceptors (Lipinski definition) is 10. The summed E-state index contributed by atoms with van der Waals surface area (Å²) >= 11 is 1.43. The number of ether oxygens (including phenoxy) is 1. The summed E-state index contributed by atoms with van der Waals surface area (Å²) in [5, 5.41) is 3.54. The molecule has 5 rings (SSSR count). The number of aromatic nitrogens is 1. The van der Waals surface area contributed by atoms with E-state index >= 15 is 0 Å². The van der Waals surface area contributed by atoms with Gasteiger partial charge in [-0.15, -0.1) is 23.7 Å². The van der Waals surface area contributed by atoms with Crippen LogP contribution in [0, 0.1) is 0 Å². The summed E-state index contributed by atoms with van der Waals surface area (Å²) in [6.07, 6.45) is 1.73. The van der Waals surface area contributed by atoms with Gasteiger partial charge in [-0.3, -0.25) is 4.79 Å². The predicted octanol–water partition coefficient (Wildman–Crippen LogP) is 2.19. The molecule has 2 aromatic carbocycles. The maximum absolute atomic E-state index is 13.9. The lowest BCUT2D eigenvalue weighted by Gasteiger charge is -2.38. The van der Waals surface area contributed by atoms with E-state index in [0.29, 0.717) is 30.0 Å². The van der Waals surface area contributed by atoms with Crippen molar-refractivity contribution in [3.8, 4) is 5.75 Å². The highest BCUT2D eigenvalue weighted by atomic mass is 35.5. The Balaban J connectivity index is 0.00000442. The van der Waals surface area contributed by atoms with Crippen molar-refractivity contribution in [3.05, 3.63) is 59.6 Å². The van der Waals surface area contributed by atoms with Gasteiger partial charge in [0.2, 0.25) is 15.9 Å². The second kappa shape index (κ2) is 13.9. The Morgan fingerprint density at radius 2 is 1.70 bits per heavy atom. The van der Waals surface area contributed by atoms with Crippen LogP contribution in [0.1, 0.15) is 4.88 Å². The van der Waals surface area contributed by atoms with Gasteiger partial charge in [0, 0.05) is 67.9 Å². The zero-order valence-electron chi connectivity index (χ0n) is 24.4. The van der Waals surface area contributed by atoms with Gasteiger partial charge in [-0.25, -0.2) is 29.0 Å². The summed E-state index contributed by atoms with van der Waals surface area (Å²) in [7, 11) is 0.672. The van der Waals surface area contributed by atoms with Crippen molar-refractivity contribution in [2.45, 2.75) is 17.4 Å². The zero-order chi connectivity index (χ0) is 30.7. The molecule has 3 amide bonds. The van der Waals surface area contributed by atoms with E-state index in [2.05, 4.69) is 20.6 Å².